The Morgan fingerprint density at radius 1 is 1.16 bits per heavy atom. The molecule has 0 saturated carbocycles. The highest BCUT2D eigenvalue weighted by Crippen LogP contribution is 2.31. The highest BCUT2D eigenvalue weighted by molar-refractivity contribution is 6.42. The molecule has 1 aromatic heterocycles. The molecule has 0 fully saturated rings. The fraction of sp³-hybridized carbons (Fsp3) is 0.0714. The molecule has 0 aliphatic carbocycles. The van der Waals surface area contributed by atoms with Crippen LogP contribution in [-0.4, -0.2) is 15.1 Å². The number of imidazole rings is 1. The maximum absolute atomic E-state index is 9.74. The van der Waals surface area contributed by atoms with Gasteiger partial charge in [-0.3, -0.25) is 0 Å². The molecular formula is C14H10Cl2N2O. The summed E-state index contributed by atoms with van der Waals surface area (Å²) in [5.41, 5.74) is 3.18. The van der Waals surface area contributed by atoms with E-state index in [0.29, 0.717) is 15.9 Å². The van der Waals surface area contributed by atoms with E-state index in [4.69, 9.17) is 23.2 Å². The van der Waals surface area contributed by atoms with Crippen LogP contribution in [0.4, 0.5) is 0 Å². The number of nitrogens with one attached hydrogen (secondary N) is 1. The second kappa shape index (κ2) is 4.44. The third-order valence-electron chi connectivity index (χ3n) is 3.08. The molecular weight excluding hydrogens is 283 g/mol. The molecule has 0 aliphatic heterocycles. The zero-order valence-electron chi connectivity index (χ0n) is 10.0. The Labute approximate surface area is 119 Å². The summed E-state index contributed by atoms with van der Waals surface area (Å²) < 4.78 is 0. The first-order valence-electron chi connectivity index (χ1n) is 5.70. The molecule has 0 radical (unpaired) electrons. The lowest BCUT2D eigenvalue weighted by Crippen LogP contribution is -1.85. The molecule has 2 N–H and O–H groups in total. The third-order valence-corrected chi connectivity index (χ3v) is 3.81. The Kier molecular flexibility index (Phi) is 2.88. The second-order valence-electron chi connectivity index (χ2n) is 4.32. The number of aromatic hydroxyl groups is 1. The fourth-order valence-corrected chi connectivity index (χ4v) is 2.33. The maximum atomic E-state index is 9.74. The Morgan fingerprint density at radius 3 is 2.68 bits per heavy atom. The molecule has 96 valence electrons. The highest BCUT2D eigenvalue weighted by atomic mass is 35.5. The molecule has 0 atom stereocenters. The molecule has 3 rings (SSSR count). The lowest BCUT2D eigenvalue weighted by molar-refractivity contribution is 0.471. The maximum Gasteiger partial charge on any atom is 0.138 e. The molecule has 5 heteroatoms. The highest BCUT2D eigenvalue weighted by Gasteiger charge is 2.11. The molecule has 1 heterocycles. The van der Waals surface area contributed by atoms with Gasteiger partial charge in [-0.25, -0.2) is 4.98 Å². The van der Waals surface area contributed by atoms with Crippen LogP contribution in [0.1, 0.15) is 5.56 Å². The van der Waals surface area contributed by atoms with E-state index in [0.717, 1.165) is 22.2 Å². The quantitative estimate of drug-likeness (QED) is 0.691. The van der Waals surface area contributed by atoms with Crippen molar-refractivity contribution in [3.05, 3.63) is 45.9 Å². The Balaban J connectivity index is 2.23. The van der Waals surface area contributed by atoms with Crippen molar-refractivity contribution in [3.63, 3.8) is 0 Å². The van der Waals surface area contributed by atoms with Gasteiger partial charge in [0.15, 0.2) is 0 Å². The summed E-state index contributed by atoms with van der Waals surface area (Å²) in [6, 6.07) is 8.79. The molecule has 0 aliphatic rings. The van der Waals surface area contributed by atoms with Gasteiger partial charge in [0.05, 0.1) is 21.1 Å². The van der Waals surface area contributed by atoms with Gasteiger partial charge in [-0.05, 0) is 25.1 Å². The van der Waals surface area contributed by atoms with Crippen LogP contribution in [0.3, 0.4) is 0 Å². The number of aromatic nitrogens is 2. The number of hydrogen-bond acceptors (Lipinski definition) is 2. The lowest BCUT2D eigenvalue weighted by atomic mass is 10.1. The summed E-state index contributed by atoms with van der Waals surface area (Å²) in [4.78, 5) is 7.66. The number of H-pyrrole nitrogens is 1. The van der Waals surface area contributed by atoms with E-state index in [2.05, 4.69) is 9.97 Å². The van der Waals surface area contributed by atoms with Crippen LogP contribution in [0.15, 0.2) is 30.3 Å². The van der Waals surface area contributed by atoms with E-state index in [1.807, 2.05) is 13.0 Å². The number of halogens is 2. The molecule has 0 saturated heterocycles. The van der Waals surface area contributed by atoms with Gasteiger partial charge in [-0.1, -0.05) is 35.3 Å². The predicted molar refractivity (Wildman–Crippen MR) is 78.0 cm³/mol. The Morgan fingerprint density at radius 2 is 1.89 bits per heavy atom. The minimum atomic E-state index is 0.244. The minimum absolute atomic E-state index is 0.244. The van der Waals surface area contributed by atoms with Crippen molar-refractivity contribution in [3.8, 4) is 17.1 Å². The number of phenolic OH excluding ortho intramolecular Hbond substituents is 1. The second-order valence-corrected chi connectivity index (χ2v) is 5.13. The first kappa shape index (κ1) is 12.3. The number of benzene rings is 2. The zero-order chi connectivity index (χ0) is 13.6. The molecule has 3 nitrogen and oxygen atoms in total. The monoisotopic (exact) mass is 292 g/mol. The number of fused-ring (bicyclic) bond motifs is 1. The Hall–Kier alpha value is -1.71. The van der Waals surface area contributed by atoms with Crippen molar-refractivity contribution in [2.24, 2.45) is 0 Å². The van der Waals surface area contributed by atoms with E-state index < -0.39 is 0 Å². The van der Waals surface area contributed by atoms with Gasteiger partial charge in [0, 0.05) is 11.1 Å². The summed E-state index contributed by atoms with van der Waals surface area (Å²) in [7, 11) is 0. The van der Waals surface area contributed by atoms with Gasteiger partial charge in [0.2, 0.25) is 0 Å². The van der Waals surface area contributed by atoms with Crippen LogP contribution >= 0.6 is 23.2 Å². The minimum Gasteiger partial charge on any atom is -0.508 e. The van der Waals surface area contributed by atoms with Crippen LogP contribution in [0.25, 0.3) is 22.4 Å². The number of nitrogens with zero attached hydrogens (tertiary/aromatic N) is 1. The first-order chi connectivity index (χ1) is 9.06. The smallest absolute Gasteiger partial charge is 0.138 e. The van der Waals surface area contributed by atoms with Gasteiger partial charge >= 0.3 is 0 Å². The van der Waals surface area contributed by atoms with E-state index in [1.54, 1.807) is 24.3 Å². The predicted octanol–water partition coefficient (Wildman–Crippen LogP) is 4.55. The first-order valence-corrected chi connectivity index (χ1v) is 6.45. The van der Waals surface area contributed by atoms with Gasteiger partial charge in [-0.15, -0.1) is 0 Å². The van der Waals surface area contributed by atoms with Crippen molar-refractivity contribution in [1.82, 2.24) is 9.97 Å². The van der Waals surface area contributed by atoms with E-state index in [-0.39, 0.29) is 5.75 Å². The number of phenols is 1. The molecule has 0 bridgehead atoms. The van der Waals surface area contributed by atoms with E-state index in [1.165, 1.54) is 0 Å². The summed E-state index contributed by atoms with van der Waals surface area (Å²) in [6.45, 7) is 1.85. The third kappa shape index (κ3) is 2.05. The molecule has 3 aromatic rings. The number of aromatic amines is 1. The molecule has 0 amide bonds. The van der Waals surface area contributed by atoms with E-state index in [9.17, 15) is 5.11 Å². The summed E-state index contributed by atoms with van der Waals surface area (Å²) >= 11 is 12.0. The van der Waals surface area contributed by atoms with Crippen molar-refractivity contribution in [2.45, 2.75) is 6.92 Å². The summed E-state index contributed by atoms with van der Waals surface area (Å²) in [5, 5.41) is 10.7. The standard InChI is InChI=1S/C14H10Cl2N2O/c1-7-8(3-2-4-13(7)19)14-17-11-5-9(15)10(16)6-12(11)18-14/h2-6,19H,1H3,(H,17,18). The SMILES string of the molecule is Cc1c(O)cccc1-c1nc2cc(Cl)c(Cl)cc2[nH]1. The van der Waals surface area contributed by atoms with Crippen molar-refractivity contribution < 1.29 is 5.11 Å². The van der Waals surface area contributed by atoms with Gasteiger partial charge in [-0.2, -0.15) is 0 Å². The van der Waals surface area contributed by atoms with Crippen LogP contribution in [-0.2, 0) is 0 Å². The average Bonchev–Trinajstić information content (AvgIpc) is 2.76. The van der Waals surface area contributed by atoms with Gasteiger partial charge < -0.3 is 10.1 Å². The van der Waals surface area contributed by atoms with Crippen molar-refractivity contribution in [2.75, 3.05) is 0 Å². The lowest BCUT2D eigenvalue weighted by Gasteiger charge is -2.03. The van der Waals surface area contributed by atoms with Crippen LogP contribution < -0.4 is 0 Å². The summed E-state index contributed by atoms with van der Waals surface area (Å²) in [5.74, 6) is 0.927. The largest absolute Gasteiger partial charge is 0.508 e. The molecule has 0 spiro atoms. The molecule has 0 unspecified atom stereocenters. The van der Waals surface area contributed by atoms with E-state index >= 15 is 0 Å². The Bertz CT molecular complexity index is 741. The van der Waals surface area contributed by atoms with Crippen molar-refractivity contribution >= 4 is 34.2 Å². The van der Waals surface area contributed by atoms with Crippen LogP contribution in [0.5, 0.6) is 5.75 Å². The van der Waals surface area contributed by atoms with Gasteiger partial charge in [0.25, 0.3) is 0 Å². The topological polar surface area (TPSA) is 48.9 Å². The van der Waals surface area contributed by atoms with Gasteiger partial charge in [0.1, 0.15) is 11.6 Å². The van der Waals surface area contributed by atoms with Crippen LogP contribution in [0.2, 0.25) is 10.0 Å². The van der Waals surface area contributed by atoms with Crippen LogP contribution in [0, 0.1) is 6.92 Å². The molecule has 19 heavy (non-hydrogen) atoms. The number of hydrogen-bond donors (Lipinski definition) is 2. The summed E-state index contributed by atoms with van der Waals surface area (Å²) in [6.07, 6.45) is 0. The fourth-order valence-electron chi connectivity index (χ4n) is 2.01. The average molecular weight is 293 g/mol. The number of rotatable bonds is 1. The van der Waals surface area contributed by atoms with Crippen molar-refractivity contribution in [1.29, 1.82) is 0 Å². The zero-order valence-corrected chi connectivity index (χ0v) is 11.5. The molecule has 2 aromatic carbocycles. The normalized spacial score (nSPS) is 11.1.